The monoisotopic (exact) mass is 377 g/mol. The molecule has 1 aromatic rings. The Morgan fingerprint density at radius 1 is 0.720 bits per heavy atom. The lowest BCUT2D eigenvalue weighted by atomic mass is 9.91. The van der Waals surface area contributed by atoms with E-state index in [0.29, 0.717) is 0 Å². The van der Waals surface area contributed by atoms with E-state index in [9.17, 15) is 26.3 Å². The van der Waals surface area contributed by atoms with Crippen molar-refractivity contribution in [2.75, 3.05) is 26.4 Å². The summed E-state index contributed by atoms with van der Waals surface area (Å²) in [5, 5.41) is 0. The normalized spacial score (nSPS) is 11.2. The fourth-order valence-electron chi connectivity index (χ4n) is 1.21. The molecule has 0 unspecified atom stereocenters. The summed E-state index contributed by atoms with van der Waals surface area (Å²) >= 11 is 0. The number of rotatable bonds is 4. The van der Waals surface area contributed by atoms with E-state index >= 15 is 0 Å². The third-order valence-electron chi connectivity index (χ3n) is 2.26. The van der Waals surface area contributed by atoms with Gasteiger partial charge in [0, 0.05) is 27.9 Å². The number of benzene rings is 1. The molecule has 0 N–H and O–H groups in total. The van der Waals surface area contributed by atoms with Gasteiger partial charge in [0.1, 0.15) is 0 Å². The van der Waals surface area contributed by atoms with Gasteiger partial charge in [-0.2, -0.15) is 26.3 Å². The van der Waals surface area contributed by atoms with Crippen molar-refractivity contribution < 1.29 is 37.2 Å². The Hall–Kier alpha value is -1.22. The predicted molar refractivity (Wildman–Crippen MR) is 92.5 cm³/mol. The SMILES string of the molecule is CCOCC.CCOCC.[BH3-]c1cc(C(F)(F)F)cc(C(F)(F)F)c1.[HH]. The van der Waals surface area contributed by atoms with Gasteiger partial charge in [-0.15, -0.1) is 0 Å². The van der Waals surface area contributed by atoms with Crippen LogP contribution in [-0.2, 0) is 21.8 Å². The topological polar surface area (TPSA) is 18.5 Å². The summed E-state index contributed by atoms with van der Waals surface area (Å²) in [6, 6.07) is 1.72. The standard InChI is InChI=1S/C8H6BF6.2C4H10O.H2/c9-6-2-4(7(10,11)12)1-5(3-6)8(13,14)15;2*1-3-5-4-2;/h1-3H,9H3;2*3-4H2,1-2H3;1H/q-1;;;. The number of hydrogen-bond donors (Lipinski definition) is 0. The summed E-state index contributed by atoms with van der Waals surface area (Å²) in [6.07, 6.45) is -9.44. The van der Waals surface area contributed by atoms with Crippen LogP contribution in [0.3, 0.4) is 0 Å². The van der Waals surface area contributed by atoms with Gasteiger partial charge in [-0.1, -0.05) is 12.1 Å². The summed E-state index contributed by atoms with van der Waals surface area (Å²) in [5.41, 5.74) is -2.26. The highest BCUT2D eigenvalue weighted by Crippen LogP contribution is 2.34. The Balaban J connectivity index is -0.000000401. The maximum absolute atomic E-state index is 12.2. The van der Waals surface area contributed by atoms with Crippen LogP contribution in [0, 0.1) is 0 Å². The van der Waals surface area contributed by atoms with E-state index in [4.69, 9.17) is 9.47 Å². The number of hydrogen-bond acceptors (Lipinski definition) is 2. The first-order valence-electron chi connectivity index (χ1n) is 7.35. The molecule has 0 amide bonds. The quantitative estimate of drug-likeness (QED) is 0.583. The van der Waals surface area contributed by atoms with Crippen LogP contribution >= 0.6 is 0 Å². The Morgan fingerprint density at radius 2 is 1.00 bits per heavy atom. The maximum atomic E-state index is 12.2. The van der Waals surface area contributed by atoms with Crippen LogP contribution in [0.4, 0.5) is 26.3 Å². The van der Waals surface area contributed by atoms with Crippen molar-refractivity contribution in [2.24, 2.45) is 0 Å². The second-order valence-corrected chi connectivity index (χ2v) is 4.07. The molecule has 150 valence electrons. The van der Waals surface area contributed by atoms with Crippen LogP contribution in [0.15, 0.2) is 18.2 Å². The lowest BCUT2D eigenvalue weighted by Gasteiger charge is -2.14. The summed E-state index contributed by atoms with van der Waals surface area (Å²) in [7, 11) is -0.699. The third-order valence-corrected chi connectivity index (χ3v) is 2.26. The van der Waals surface area contributed by atoms with E-state index in [-0.39, 0.29) is 13.0 Å². The first-order chi connectivity index (χ1) is 11.4. The van der Waals surface area contributed by atoms with Crippen LogP contribution in [0.5, 0.6) is 0 Å². The van der Waals surface area contributed by atoms with Gasteiger partial charge < -0.3 is 9.47 Å². The van der Waals surface area contributed by atoms with Crippen molar-refractivity contribution in [2.45, 2.75) is 40.0 Å². The lowest BCUT2D eigenvalue weighted by molar-refractivity contribution is -0.142. The molecule has 0 atom stereocenters. The number of halogens is 6. The van der Waals surface area contributed by atoms with Gasteiger partial charge in [-0.25, -0.2) is 5.46 Å². The minimum Gasteiger partial charge on any atom is -0.382 e. The first-order valence-corrected chi connectivity index (χ1v) is 7.35. The molecule has 1 rings (SSSR count). The first kappa shape index (κ1) is 26.0. The summed E-state index contributed by atoms with van der Waals surface area (Å²) in [6.45, 7) is 11.3. The van der Waals surface area contributed by atoms with E-state index in [1.165, 1.54) is 0 Å². The smallest absolute Gasteiger partial charge is 0.382 e. The van der Waals surface area contributed by atoms with Crippen molar-refractivity contribution >= 4 is 13.3 Å². The predicted octanol–water partition coefficient (Wildman–Crippen LogP) is 4.05. The van der Waals surface area contributed by atoms with Crippen molar-refractivity contribution in [1.82, 2.24) is 0 Å². The minimum atomic E-state index is -4.72. The zero-order valence-electron chi connectivity index (χ0n) is 14.1. The molecule has 0 aliphatic carbocycles. The van der Waals surface area contributed by atoms with Gasteiger partial charge in [0.05, 0.1) is 11.1 Å². The van der Waals surface area contributed by atoms with Crippen molar-refractivity contribution in [3.63, 3.8) is 0 Å². The average Bonchev–Trinajstić information content (AvgIpc) is 2.48. The second kappa shape index (κ2) is 13.1. The summed E-state index contributed by atoms with van der Waals surface area (Å²) < 4.78 is 82.8. The number of ether oxygens (including phenoxy) is 2. The van der Waals surface area contributed by atoms with Crippen molar-refractivity contribution in [3.05, 3.63) is 29.3 Å². The summed E-state index contributed by atoms with van der Waals surface area (Å²) in [4.78, 5) is 0. The van der Waals surface area contributed by atoms with Crippen LogP contribution in [0.25, 0.3) is 0 Å². The Labute approximate surface area is 147 Å². The van der Waals surface area contributed by atoms with Crippen molar-refractivity contribution in [3.8, 4) is 0 Å². The lowest BCUT2D eigenvalue weighted by Crippen LogP contribution is -2.16. The molecule has 0 saturated heterocycles. The molecule has 25 heavy (non-hydrogen) atoms. The average molecular weight is 377 g/mol. The van der Waals surface area contributed by atoms with Crippen LogP contribution < -0.4 is 5.46 Å². The fraction of sp³-hybridized carbons (Fsp3) is 0.625. The molecule has 0 radical (unpaired) electrons. The molecule has 1 aromatic carbocycles. The fourth-order valence-corrected chi connectivity index (χ4v) is 1.21. The molecular weight excluding hydrogens is 349 g/mol. The van der Waals surface area contributed by atoms with Gasteiger partial charge in [-0.05, 0) is 41.6 Å². The maximum Gasteiger partial charge on any atom is 0.416 e. The molecule has 2 nitrogen and oxygen atoms in total. The van der Waals surface area contributed by atoms with Crippen LogP contribution in [0.2, 0.25) is 0 Å². The largest absolute Gasteiger partial charge is 0.416 e. The molecule has 0 heterocycles. The van der Waals surface area contributed by atoms with E-state index in [2.05, 4.69) is 0 Å². The molecule has 0 fully saturated rings. The van der Waals surface area contributed by atoms with E-state index in [1.807, 2.05) is 27.7 Å². The molecule has 0 aliphatic heterocycles. The van der Waals surface area contributed by atoms with Gasteiger partial charge in [0.2, 0.25) is 0 Å². The second-order valence-electron chi connectivity index (χ2n) is 4.07. The zero-order chi connectivity index (χ0) is 20.1. The zero-order valence-corrected chi connectivity index (χ0v) is 14.1. The van der Waals surface area contributed by atoms with Gasteiger partial charge in [0.15, 0.2) is 0 Å². The van der Waals surface area contributed by atoms with E-state index < -0.39 is 31.3 Å². The molecular formula is C16H28BF6O2-. The summed E-state index contributed by atoms with van der Waals surface area (Å²) in [5.74, 6) is 0. The Kier molecular flexibility index (Phi) is 13.6. The highest BCUT2D eigenvalue weighted by atomic mass is 19.4. The molecule has 0 saturated carbocycles. The minimum absolute atomic E-state index is 0. The molecule has 0 spiro atoms. The Bertz CT molecular complexity index is 425. The molecule has 0 bridgehead atoms. The number of alkyl halides is 6. The highest BCUT2D eigenvalue weighted by Gasteiger charge is 2.35. The van der Waals surface area contributed by atoms with Gasteiger partial charge in [-0.3, -0.25) is 0 Å². The van der Waals surface area contributed by atoms with Crippen molar-refractivity contribution in [1.29, 1.82) is 0 Å². The van der Waals surface area contributed by atoms with Gasteiger partial charge >= 0.3 is 12.4 Å². The third kappa shape index (κ3) is 13.7. The molecule has 0 aromatic heterocycles. The Morgan fingerprint density at radius 3 is 1.16 bits per heavy atom. The van der Waals surface area contributed by atoms with E-state index in [1.54, 1.807) is 0 Å². The van der Waals surface area contributed by atoms with Gasteiger partial charge in [0.25, 0.3) is 0 Å². The van der Waals surface area contributed by atoms with Crippen LogP contribution in [0.1, 0.15) is 40.2 Å². The van der Waals surface area contributed by atoms with Crippen LogP contribution in [-0.4, -0.2) is 34.3 Å². The molecule has 0 aliphatic rings. The molecule has 9 heteroatoms. The van der Waals surface area contributed by atoms with E-state index in [0.717, 1.165) is 38.6 Å². The highest BCUT2D eigenvalue weighted by molar-refractivity contribution is 6.32.